The molecule has 1 fully saturated rings. The van der Waals surface area contributed by atoms with Gasteiger partial charge in [-0.2, -0.15) is 0 Å². The standard InChI is InChI=1S/C14H17NS/c1-2-6-13(7-3-1)16-14-8-10-15-9-4-5-12(15)11-14/h1-3,6-8,12H,4-5,9-11H2. The van der Waals surface area contributed by atoms with Crippen LogP contribution in [0, 0.1) is 0 Å². The highest BCUT2D eigenvalue weighted by atomic mass is 32.2. The predicted octanol–water partition coefficient (Wildman–Crippen LogP) is 3.53. The summed E-state index contributed by atoms with van der Waals surface area (Å²) in [6.45, 7) is 2.48. The van der Waals surface area contributed by atoms with E-state index in [4.69, 9.17) is 0 Å². The van der Waals surface area contributed by atoms with Gasteiger partial charge in [-0.05, 0) is 42.8 Å². The van der Waals surface area contributed by atoms with E-state index in [-0.39, 0.29) is 0 Å². The lowest BCUT2D eigenvalue weighted by molar-refractivity contribution is 0.269. The molecule has 1 atom stereocenters. The van der Waals surface area contributed by atoms with E-state index in [1.165, 1.54) is 37.2 Å². The monoisotopic (exact) mass is 231 g/mol. The summed E-state index contributed by atoms with van der Waals surface area (Å²) in [7, 11) is 0. The second kappa shape index (κ2) is 4.64. The van der Waals surface area contributed by atoms with Crippen LogP contribution >= 0.6 is 11.8 Å². The van der Waals surface area contributed by atoms with Gasteiger partial charge in [-0.15, -0.1) is 0 Å². The quantitative estimate of drug-likeness (QED) is 0.766. The lowest BCUT2D eigenvalue weighted by Crippen LogP contribution is -2.32. The summed E-state index contributed by atoms with van der Waals surface area (Å²) in [5, 5.41) is 0. The van der Waals surface area contributed by atoms with Gasteiger partial charge in [-0.3, -0.25) is 4.90 Å². The maximum Gasteiger partial charge on any atom is 0.0177 e. The van der Waals surface area contributed by atoms with Crippen LogP contribution in [0.1, 0.15) is 19.3 Å². The van der Waals surface area contributed by atoms with Gasteiger partial charge >= 0.3 is 0 Å². The van der Waals surface area contributed by atoms with Crippen LogP contribution in [0.2, 0.25) is 0 Å². The molecular formula is C14H17NS. The lowest BCUT2D eigenvalue weighted by Gasteiger charge is -2.28. The molecule has 16 heavy (non-hydrogen) atoms. The van der Waals surface area contributed by atoms with E-state index in [1.54, 1.807) is 4.91 Å². The minimum Gasteiger partial charge on any atom is -0.296 e. The van der Waals surface area contributed by atoms with Gasteiger partial charge in [0, 0.05) is 17.5 Å². The minimum atomic E-state index is 0.830. The van der Waals surface area contributed by atoms with Crippen LogP contribution in [0.3, 0.4) is 0 Å². The molecule has 2 heteroatoms. The fraction of sp³-hybridized carbons (Fsp3) is 0.429. The topological polar surface area (TPSA) is 3.24 Å². The van der Waals surface area contributed by atoms with Crippen molar-refractivity contribution in [3.8, 4) is 0 Å². The Balaban J connectivity index is 1.68. The van der Waals surface area contributed by atoms with Gasteiger partial charge in [0.25, 0.3) is 0 Å². The van der Waals surface area contributed by atoms with Gasteiger partial charge in [0.2, 0.25) is 0 Å². The van der Waals surface area contributed by atoms with Crippen molar-refractivity contribution in [3.63, 3.8) is 0 Å². The molecule has 1 aromatic rings. The molecule has 1 aromatic carbocycles. The second-order valence-electron chi connectivity index (χ2n) is 4.58. The first-order valence-corrected chi connectivity index (χ1v) is 6.89. The Bertz CT molecular complexity index is 385. The zero-order chi connectivity index (χ0) is 10.8. The largest absolute Gasteiger partial charge is 0.296 e. The highest BCUT2D eigenvalue weighted by Gasteiger charge is 2.27. The first kappa shape index (κ1) is 10.4. The maximum atomic E-state index is 2.62. The molecular weight excluding hydrogens is 214 g/mol. The number of hydrogen-bond acceptors (Lipinski definition) is 2. The van der Waals surface area contributed by atoms with E-state index >= 15 is 0 Å². The molecule has 2 heterocycles. The van der Waals surface area contributed by atoms with E-state index < -0.39 is 0 Å². The summed E-state index contributed by atoms with van der Waals surface area (Å²) < 4.78 is 0. The highest BCUT2D eigenvalue weighted by Crippen LogP contribution is 2.36. The van der Waals surface area contributed by atoms with Crippen molar-refractivity contribution < 1.29 is 0 Å². The zero-order valence-electron chi connectivity index (χ0n) is 9.43. The maximum absolute atomic E-state index is 2.62. The Morgan fingerprint density at radius 2 is 2.06 bits per heavy atom. The fourth-order valence-electron chi connectivity index (χ4n) is 2.62. The highest BCUT2D eigenvalue weighted by molar-refractivity contribution is 8.03. The Hall–Kier alpha value is -0.730. The molecule has 84 valence electrons. The summed E-state index contributed by atoms with van der Waals surface area (Å²) >= 11 is 1.95. The summed E-state index contributed by atoms with van der Waals surface area (Å²) in [5.41, 5.74) is 0. The third kappa shape index (κ3) is 2.18. The molecule has 0 aromatic heterocycles. The van der Waals surface area contributed by atoms with Gasteiger partial charge in [0.1, 0.15) is 0 Å². The molecule has 0 N–H and O–H groups in total. The summed E-state index contributed by atoms with van der Waals surface area (Å²) in [6.07, 6.45) is 6.47. The number of fused-ring (bicyclic) bond motifs is 1. The normalized spacial score (nSPS) is 25.2. The third-order valence-corrected chi connectivity index (χ3v) is 4.58. The van der Waals surface area contributed by atoms with Crippen LogP contribution < -0.4 is 0 Å². The Morgan fingerprint density at radius 1 is 1.19 bits per heavy atom. The van der Waals surface area contributed by atoms with Crippen molar-refractivity contribution in [2.45, 2.75) is 30.2 Å². The second-order valence-corrected chi connectivity index (χ2v) is 5.78. The predicted molar refractivity (Wildman–Crippen MR) is 69.6 cm³/mol. The van der Waals surface area contributed by atoms with Crippen molar-refractivity contribution in [2.24, 2.45) is 0 Å². The van der Waals surface area contributed by atoms with Crippen molar-refractivity contribution in [2.75, 3.05) is 13.1 Å². The number of rotatable bonds is 2. The van der Waals surface area contributed by atoms with E-state index in [0.717, 1.165) is 6.04 Å². The van der Waals surface area contributed by atoms with Crippen LogP contribution in [-0.2, 0) is 0 Å². The molecule has 1 saturated heterocycles. The Kier molecular flexibility index (Phi) is 3.02. The van der Waals surface area contributed by atoms with Crippen LogP contribution in [-0.4, -0.2) is 24.0 Å². The number of thioether (sulfide) groups is 1. The third-order valence-electron chi connectivity index (χ3n) is 3.48. The van der Waals surface area contributed by atoms with Crippen LogP contribution in [0.15, 0.2) is 46.2 Å². The van der Waals surface area contributed by atoms with Crippen molar-refractivity contribution >= 4 is 11.8 Å². The van der Waals surface area contributed by atoms with Gasteiger partial charge in [0.15, 0.2) is 0 Å². The molecule has 0 spiro atoms. The van der Waals surface area contributed by atoms with Crippen molar-refractivity contribution in [1.82, 2.24) is 4.90 Å². The molecule has 0 radical (unpaired) electrons. The van der Waals surface area contributed by atoms with Crippen molar-refractivity contribution in [1.29, 1.82) is 0 Å². The molecule has 2 aliphatic rings. The van der Waals surface area contributed by atoms with Crippen LogP contribution in [0.5, 0.6) is 0 Å². The average molecular weight is 231 g/mol. The van der Waals surface area contributed by atoms with Crippen molar-refractivity contribution in [3.05, 3.63) is 41.3 Å². The fourth-order valence-corrected chi connectivity index (χ4v) is 3.65. The molecule has 3 rings (SSSR count). The van der Waals surface area contributed by atoms with Gasteiger partial charge in [-0.1, -0.05) is 36.0 Å². The first-order chi connectivity index (χ1) is 7.92. The Morgan fingerprint density at radius 3 is 2.94 bits per heavy atom. The lowest BCUT2D eigenvalue weighted by atomic mass is 10.1. The summed E-state index contributed by atoms with van der Waals surface area (Å²) in [5.74, 6) is 0. The molecule has 1 unspecified atom stereocenters. The first-order valence-electron chi connectivity index (χ1n) is 6.08. The minimum absolute atomic E-state index is 0.830. The number of benzene rings is 1. The molecule has 0 saturated carbocycles. The summed E-state index contributed by atoms with van der Waals surface area (Å²) in [4.78, 5) is 5.56. The molecule has 0 aliphatic carbocycles. The van der Waals surface area contributed by atoms with E-state index in [0.29, 0.717) is 0 Å². The van der Waals surface area contributed by atoms with Gasteiger partial charge in [-0.25, -0.2) is 0 Å². The van der Waals surface area contributed by atoms with Gasteiger partial charge in [0.05, 0.1) is 0 Å². The smallest absolute Gasteiger partial charge is 0.0177 e. The average Bonchev–Trinajstić information content (AvgIpc) is 2.77. The molecule has 1 nitrogen and oxygen atoms in total. The van der Waals surface area contributed by atoms with Crippen LogP contribution in [0.4, 0.5) is 0 Å². The van der Waals surface area contributed by atoms with E-state index in [9.17, 15) is 0 Å². The zero-order valence-corrected chi connectivity index (χ0v) is 10.2. The molecule has 2 aliphatic heterocycles. The van der Waals surface area contributed by atoms with E-state index in [2.05, 4.69) is 41.3 Å². The van der Waals surface area contributed by atoms with Crippen LogP contribution in [0.25, 0.3) is 0 Å². The number of hydrogen-bond donors (Lipinski definition) is 0. The Labute approximate surface area is 102 Å². The summed E-state index contributed by atoms with van der Waals surface area (Å²) in [6, 6.07) is 11.6. The molecule has 0 bridgehead atoms. The molecule has 0 amide bonds. The van der Waals surface area contributed by atoms with E-state index in [1.807, 2.05) is 11.8 Å². The SMILES string of the molecule is C1=C(Sc2ccccc2)CC2CCCN2C1. The van der Waals surface area contributed by atoms with Gasteiger partial charge < -0.3 is 0 Å². The number of nitrogens with zero attached hydrogens (tertiary/aromatic N) is 1.